The first-order valence-corrected chi connectivity index (χ1v) is 10.0. The van der Waals surface area contributed by atoms with Crippen molar-refractivity contribution in [2.45, 2.75) is 13.1 Å². The number of aryl methyl sites for hydroxylation is 1. The molecule has 1 atom stereocenters. The van der Waals surface area contributed by atoms with Crippen LogP contribution in [0.3, 0.4) is 0 Å². The van der Waals surface area contributed by atoms with E-state index in [1.165, 1.54) is 0 Å². The highest BCUT2D eigenvalue weighted by atomic mass is 16.5. The molecule has 9 heteroatoms. The average molecular weight is 422 g/mol. The molecule has 3 N–H and O–H groups in total. The number of benzene rings is 2. The summed E-state index contributed by atoms with van der Waals surface area (Å²) < 4.78 is 10.9. The van der Waals surface area contributed by atoms with E-state index < -0.39 is 6.17 Å². The fraction of sp³-hybridized carbons (Fsp3) is 0.318. The quantitative estimate of drug-likeness (QED) is 0.558. The Morgan fingerprint density at radius 1 is 1.13 bits per heavy atom. The van der Waals surface area contributed by atoms with E-state index in [4.69, 9.17) is 14.5 Å². The van der Waals surface area contributed by atoms with Gasteiger partial charge in [0.05, 0.1) is 25.1 Å². The lowest BCUT2D eigenvalue weighted by Gasteiger charge is -2.26. The monoisotopic (exact) mass is 422 g/mol. The second-order valence-electron chi connectivity index (χ2n) is 7.25. The van der Waals surface area contributed by atoms with Crippen LogP contribution in [0.2, 0.25) is 0 Å². The van der Waals surface area contributed by atoms with E-state index in [2.05, 4.69) is 20.6 Å². The summed E-state index contributed by atoms with van der Waals surface area (Å²) in [6.45, 7) is 3.45. The van der Waals surface area contributed by atoms with Gasteiger partial charge in [0.2, 0.25) is 5.95 Å². The number of fused-ring (bicyclic) bond motifs is 1. The van der Waals surface area contributed by atoms with Gasteiger partial charge in [-0.2, -0.15) is 4.98 Å². The van der Waals surface area contributed by atoms with Gasteiger partial charge in [0, 0.05) is 31.8 Å². The van der Waals surface area contributed by atoms with Gasteiger partial charge in [0.1, 0.15) is 0 Å². The molecule has 0 saturated carbocycles. The van der Waals surface area contributed by atoms with Crippen molar-refractivity contribution in [2.24, 2.45) is 4.99 Å². The van der Waals surface area contributed by atoms with Crippen LogP contribution in [0.25, 0.3) is 10.9 Å². The molecule has 1 fully saturated rings. The number of aliphatic imine (C=N–C) groups is 1. The van der Waals surface area contributed by atoms with E-state index in [0.717, 1.165) is 18.7 Å². The number of hydrogen-bond donors (Lipinski definition) is 3. The van der Waals surface area contributed by atoms with Crippen LogP contribution in [0.15, 0.2) is 46.2 Å². The van der Waals surface area contributed by atoms with E-state index >= 15 is 0 Å². The molecule has 1 aromatic heterocycles. The van der Waals surface area contributed by atoms with Gasteiger partial charge >= 0.3 is 0 Å². The van der Waals surface area contributed by atoms with Crippen molar-refractivity contribution in [3.63, 3.8) is 0 Å². The highest BCUT2D eigenvalue weighted by Crippen LogP contribution is 2.35. The third-order valence-electron chi connectivity index (χ3n) is 5.34. The Balaban J connectivity index is 1.83. The zero-order valence-corrected chi connectivity index (χ0v) is 18.0. The summed E-state index contributed by atoms with van der Waals surface area (Å²) in [7, 11) is 4.97. The van der Waals surface area contributed by atoms with Crippen LogP contribution in [0.4, 0.5) is 5.95 Å². The molecule has 1 aliphatic rings. The van der Waals surface area contributed by atoms with Crippen LogP contribution in [0.5, 0.6) is 11.5 Å². The van der Waals surface area contributed by atoms with Crippen LogP contribution >= 0.6 is 0 Å². The van der Waals surface area contributed by atoms with Gasteiger partial charge in [-0.25, -0.2) is 4.99 Å². The number of guanidine groups is 1. The van der Waals surface area contributed by atoms with E-state index in [0.29, 0.717) is 39.9 Å². The average Bonchev–Trinajstić information content (AvgIpc) is 3.30. The summed E-state index contributed by atoms with van der Waals surface area (Å²) in [5.41, 5.74) is 1.93. The molecule has 0 amide bonds. The molecule has 1 unspecified atom stereocenters. The third-order valence-corrected chi connectivity index (χ3v) is 5.34. The van der Waals surface area contributed by atoms with Gasteiger partial charge in [-0.3, -0.25) is 4.79 Å². The number of methoxy groups -OCH3 is 2. The minimum absolute atomic E-state index is 0.342. The van der Waals surface area contributed by atoms with Crippen molar-refractivity contribution in [1.82, 2.24) is 20.6 Å². The maximum Gasteiger partial charge on any atom is 0.282 e. The molecule has 1 aliphatic heterocycles. The first-order chi connectivity index (χ1) is 15.0. The Bertz CT molecular complexity index is 1170. The zero-order chi connectivity index (χ0) is 22.0. The van der Waals surface area contributed by atoms with Gasteiger partial charge in [0.25, 0.3) is 5.56 Å². The summed E-state index contributed by atoms with van der Waals surface area (Å²) >= 11 is 0. The Kier molecular flexibility index (Phi) is 5.66. The Hall–Kier alpha value is -3.75. The number of hydrogen-bond acceptors (Lipinski definition) is 6. The van der Waals surface area contributed by atoms with Crippen molar-refractivity contribution in [3.05, 3.63) is 57.9 Å². The molecule has 0 aliphatic carbocycles. The molecule has 162 valence electrons. The number of ether oxygens (including phenoxy) is 2. The summed E-state index contributed by atoms with van der Waals surface area (Å²) in [4.78, 5) is 27.3. The van der Waals surface area contributed by atoms with Gasteiger partial charge in [-0.1, -0.05) is 30.3 Å². The molecule has 2 aromatic carbocycles. The van der Waals surface area contributed by atoms with Crippen molar-refractivity contribution in [3.8, 4) is 11.5 Å². The molecular formula is C22H26N6O3. The second-order valence-corrected chi connectivity index (χ2v) is 7.25. The van der Waals surface area contributed by atoms with Crippen molar-refractivity contribution >= 4 is 22.8 Å². The van der Waals surface area contributed by atoms with Crippen LogP contribution < -0.4 is 30.6 Å². The summed E-state index contributed by atoms with van der Waals surface area (Å²) in [6.07, 6.45) is -0.392. The molecule has 3 aromatic rings. The Morgan fingerprint density at radius 3 is 2.48 bits per heavy atom. The minimum Gasteiger partial charge on any atom is -0.493 e. The van der Waals surface area contributed by atoms with E-state index in [-0.39, 0.29) is 5.56 Å². The molecule has 4 rings (SSSR count). The molecular weight excluding hydrogens is 396 g/mol. The number of H-pyrrole nitrogens is 1. The smallest absolute Gasteiger partial charge is 0.282 e. The van der Waals surface area contributed by atoms with E-state index in [1.54, 1.807) is 20.3 Å². The van der Waals surface area contributed by atoms with Crippen LogP contribution in [-0.2, 0) is 0 Å². The zero-order valence-electron chi connectivity index (χ0n) is 18.0. The summed E-state index contributed by atoms with van der Waals surface area (Å²) in [5, 5.41) is 6.93. The van der Waals surface area contributed by atoms with Crippen molar-refractivity contribution < 1.29 is 9.47 Å². The maximum atomic E-state index is 13.0. The van der Waals surface area contributed by atoms with Crippen LogP contribution in [0, 0.1) is 6.92 Å². The number of anilines is 1. The number of aromatic amines is 1. The SMILES string of the molecule is COc1cc2[nH]c(N(C)C(N=C3NCCN3)c3ccccc3)nc(=O)c2c(C)c1OC. The first kappa shape index (κ1) is 20.5. The third kappa shape index (κ3) is 3.86. The summed E-state index contributed by atoms with van der Waals surface area (Å²) in [6, 6.07) is 11.6. The van der Waals surface area contributed by atoms with Gasteiger partial charge in [-0.05, 0) is 12.5 Å². The van der Waals surface area contributed by atoms with Gasteiger partial charge in [-0.15, -0.1) is 0 Å². The molecule has 31 heavy (non-hydrogen) atoms. The lowest BCUT2D eigenvalue weighted by molar-refractivity contribution is 0.354. The number of nitrogens with one attached hydrogen (secondary N) is 3. The predicted octanol–water partition coefficient (Wildman–Crippen LogP) is 1.93. The van der Waals surface area contributed by atoms with Crippen molar-refractivity contribution in [1.29, 1.82) is 0 Å². The van der Waals surface area contributed by atoms with E-state index in [1.807, 2.05) is 49.2 Å². The molecule has 0 radical (unpaired) electrons. The number of aromatic nitrogens is 2. The Labute approximate surface area is 180 Å². The molecule has 0 bridgehead atoms. The second kappa shape index (κ2) is 8.55. The highest BCUT2D eigenvalue weighted by Gasteiger charge is 2.23. The predicted molar refractivity (Wildman–Crippen MR) is 121 cm³/mol. The lowest BCUT2D eigenvalue weighted by Crippen LogP contribution is -2.31. The lowest BCUT2D eigenvalue weighted by atomic mass is 10.1. The highest BCUT2D eigenvalue weighted by molar-refractivity contribution is 5.87. The van der Waals surface area contributed by atoms with Crippen LogP contribution in [0.1, 0.15) is 17.3 Å². The molecule has 9 nitrogen and oxygen atoms in total. The number of rotatable bonds is 6. The van der Waals surface area contributed by atoms with Gasteiger partial charge < -0.3 is 30.0 Å². The summed E-state index contributed by atoms with van der Waals surface area (Å²) in [5.74, 6) is 2.18. The fourth-order valence-electron chi connectivity index (χ4n) is 3.78. The largest absolute Gasteiger partial charge is 0.493 e. The Morgan fingerprint density at radius 2 is 1.84 bits per heavy atom. The molecule has 0 spiro atoms. The van der Waals surface area contributed by atoms with Crippen molar-refractivity contribution in [2.75, 3.05) is 39.3 Å². The normalized spacial score (nSPS) is 14.0. The van der Waals surface area contributed by atoms with Crippen LogP contribution in [-0.4, -0.2) is 50.3 Å². The molecule has 1 saturated heterocycles. The molecule has 2 heterocycles. The topological polar surface area (TPSA) is 104 Å². The van der Waals surface area contributed by atoms with E-state index in [9.17, 15) is 4.79 Å². The number of nitrogens with zero attached hydrogens (tertiary/aromatic N) is 3. The van der Waals surface area contributed by atoms with Gasteiger partial charge in [0.15, 0.2) is 23.6 Å². The maximum absolute atomic E-state index is 13.0. The first-order valence-electron chi connectivity index (χ1n) is 10.0. The standard InChI is InChI=1S/C22H26N6O3/c1-13-17-15(12-16(30-3)18(13)31-4)25-22(27-20(17)29)28(2)19(14-8-6-5-7-9-14)26-21-23-10-11-24-21/h5-9,12,19H,10-11H2,1-4H3,(H2,23,24,26)(H,25,27,29). The fourth-order valence-corrected chi connectivity index (χ4v) is 3.78. The minimum atomic E-state index is -0.392.